The molecule has 0 unspecified atom stereocenters. The van der Waals surface area contributed by atoms with Crippen molar-refractivity contribution >= 4 is 6.08 Å². The first-order chi connectivity index (χ1) is 10.2. The molecule has 0 aromatic heterocycles. The summed E-state index contributed by atoms with van der Waals surface area (Å²) < 4.78 is 16.1. The average Bonchev–Trinajstić information content (AvgIpc) is 2.54. The number of nitrogens with zero attached hydrogens (tertiary/aromatic N) is 1. The summed E-state index contributed by atoms with van der Waals surface area (Å²) in [6, 6.07) is 3.73. The Hall–Kier alpha value is -2.26. The second-order valence-electron chi connectivity index (χ2n) is 4.80. The van der Waals surface area contributed by atoms with Gasteiger partial charge in [0.1, 0.15) is 0 Å². The molecule has 0 fully saturated rings. The number of carbonyl (C=O) groups excluding carboxylic acids is 1. The predicted molar refractivity (Wildman–Crippen MR) is 79.1 cm³/mol. The van der Waals surface area contributed by atoms with E-state index in [1.165, 1.54) is 0 Å². The van der Waals surface area contributed by atoms with Gasteiger partial charge < -0.3 is 14.2 Å². The number of aliphatic imine (C=N–C) groups is 1. The van der Waals surface area contributed by atoms with Crippen LogP contribution in [0.5, 0.6) is 17.2 Å². The third kappa shape index (κ3) is 3.09. The van der Waals surface area contributed by atoms with Gasteiger partial charge in [-0.05, 0) is 30.5 Å². The summed E-state index contributed by atoms with van der Waals surface area (Å²) in [6.07, 6.45) is 7.36. The molecule has 21 heavy (non-hydrogen) atoms. The van der Waals surface area contributed by atoms with Crippen LogP contribution in [0.4, 0.5) is 0 Å². The maximum atomic E-state index is 10.6. The Morgan fingerprint density at radius 3 is 2.19 bits per heavy atom. The maximum absolute atomic E-state index is 10.6. The number of benzene rings is 1. The van der Waals surface area contributed by atoms with Crippen LogP contribution in [-0.4, -0.2) is 33.5 Å². The highest BCUT2D eigenvalue weighted by Crippen LogP contribution is 2.42. The molecule has 1 aliphatic carbocycles. The Kier molecular flexibility index (Phi) is 5.01. The molecule has 112 valence electrons. The van der Waals surface area contributed by atoms with Gasteiger partial charge in [-0.2, -0.15) is 0 Å². The van der Waals surface area contributed by atoms with Gasteiger partial charge in [-0.15, -0.1) is 0 Å². The summed E-state index contributed by atoms with van der Waals surface area (Å²) in [7, 11) is 4.74. The van der Waals surface area contributed by atoms with Crippen molar-refractivity contribution in [2.24, 2.45) is 4.99 Å². The molecule has 2 atom stereocenters. The van der Waals surface area contributed by atoms with Crippen LogP contribution in [0.15, 0.2) is 29.3 Å². The molecule has 0 bridgehead atoms. The topological polar surface area (TPSA) is 57.1 Å². The Labute approximate surface area is 124 Å². The van der Waals surface area contributed by atoms with Crippen molar-refractivity contribution in [3.8, 4) is 17.2 Å². The lowest BCUT2D eigenvalue weighted by Gasteiger charge is -2.26. The second kappa shape index (κ2) is 6.95. The summed E-state index contributed by atoms with van der Waals surface area (Å²) in [5, 5.41) is 0. The largest absolute Gasteiger partial charge is 0.493 e. The summed E-state index contributed by atoms with van der Waals surface area (Å²) in [5.41, 5.74) is 1.01. The Bertz CT molecular complexity index is 551. The Morgan fingerprint density at radius 2 is 1.67 bits per heavy atom. The molecule has 1 aliphatic rings. The van der Waals surface area contributed by atoms with E-state index in [-0.39, 0.29) is 12.0 Å². The van der Waals surface area contributed by atoms with Crippen LogP contribution in [0.3, 0.4) is 0 Å². The van der Waals surface area contributed by atoms with Gasteiger partial charge in [0.15, 0.2) is 11.5 Å². The standard InChI is InChI=1S/C16H19NO4/c1-19-14-8-11(9-15(20-2)16(14)21-3)12-6-4-5-7-13(12)17-10-18/h4-5,8-9,12-13H,6-7H2,1-3H3/t12-,13+/m0/s1. The van der Waals surface area contributed by atoms with Gasteiger partial charge in [-0.1, -0.05) is 12.2 Å². The fourth-order valence-corrected chi connectivity index (χ4v) is 2.68. The zero-order chi connectivity index (χ0) is 15.2. The smallest absolute Gasteiger partial charge is 0.235 e. The molecule has 1 aromatic rings. The average molecular weight is 289 g/mol. The lowest BCUT2D eigenvalue weighted by Crippen LogP contribution is -2.18. The Balaban J connectivity index is 2.47. The van der Waals surface area contributed by atoms with E-state index in [4.69, 9.17) is 14.2 Å². The second-order valence-corrected chi connectivity index (χ2v) is 4.80. The highest BCUT2D eigenvalue weighted by atomic mass is 16.5. The third-order valence-electron chi connectivity index (χ3n) is 3.73. The van der Waals surface area contributed by atoms with Gasteiger partial charge in [0, 0.05) is 5.92 Å². The molecular formula is C16H19NO4. The molecule has 1 aromatic carbocycles. The fraction of sp³-hybridized carbons (Fsp3) is 0.438. The van der Waals surface area contributed by atoms with Crippen LogP contribution < -0.4 is 14.2 Å². The molecular weight excluding hydrogens is 270 g/mol. The van der Waals surface area contributed by atoms with Gasteiger partial charge in [-0.3, -0.25) is 0 Å². The van der Waals surface area contributed by atoms with E-state index in [2.05, 4.69) is 11.1 Å². The van der Waals surface area contributed by atoms with E-state index in [9.17, 15) is 4.79 Å². The van der Waals surface area contributed by atoms with E-state index in [0.29, 0.717) is 17.2 Å². The minimum atomic E-state index is -0.102. The van der Waals surface area contributed by atoms with E-state index in [1.54, 1.807) is 27.4 Å². The Morgan fingerprint density at radius 1 is 1.05 bits per heavy atom. The zero-order valence-electron chi connectivity index (χ0n) is 12.5. The molecule has 0 radical (unpaired) electrons. The van der Waals surface area contributed by atoms with Crippen LogP contribution in [0.25, 0.3) is 0 Å². The maximum Gasteiger partial charge on any atom is 0.235 e. The SMILES string of the molecule is COc1cc([C@@H]2CC=CC[C@H]2N=C=O)cc(OC)c1OC. The minimum absolute atomic E-state index is 0.102. The molecule has 0 N–H and O–H groups in total. The highest BCUT2D eigenvalue weighted by molar-refractivity contribution is 5.55. The van der Waals surface area contributed by atoms with E-state index in [0.717, 1.165) is 18.4 Å². The lowest BCUT2D eigenvalue weighted by molar-refractivity contribution is 0.323. The quantitative estimate of drug-likeness (QED) is 0.475. The first-order valence-electron chi connectivity index (χ1n) is 6.77. The molecule has 5 heteroatoms. The zero-order valence-corrected chi connectivity index (χ0v) is 12.5. The molecule has 0 amide bonds. The monoisotopic (exact) mass is 289 g/mol. The molecule has 0 heterocycles. The van der Waals surface area contributed by atoms with Crippen LogP contribution in [0.1, 0.15) is 24.3 Å². The molecule has 0 spiro atoms. The number of hydrogen-bond donors (Lipinski definition) is 0. The van der Waals surface area contributed by atoms with Gasteiger partial charge in [0.25, 0.3) is 0 Å². The van der Waals surface area contributed by atoms with Crippen molar-refractivity contribution in [3.05, 3.63) is 29.8 Å². The van der Waals surface area contributed by atoms with Gasteiger partial charge >= 0.3 is 0 Å². The summed E-state index contributed by atoms with van der Waals surface area (Å²) in [5.74, 6) is 1.88. The van der Waals surface area contributed by atoms with Crippen molar-refractivity contribution in [3.63, 3.8) is 0 Å². The number of hydrogen-bond acceptors (Lipinski definition) is 5. The van der Waals surface area contributed by atoms with Crippen LogP contribution in [0.2, 0.25) is 0 Å². The number of methoxy groups -OCH3 is 3. The molecule has 0 aliphatic heterocycles. The summed E-state index contributed by atoms with van der Waals surface area (Å²) in [4.78, 5) is 14.5. The number of rotatable bonds is 5. The van der Waals surface area contributed by atoms with Crippen molar-refractivity contribution in [1.82, 2.24) is 0 Å². The van der Waals surface area contributed by atoms with E-state index in [1.807, 2.05) is 18.2 Å². The van der Waals surface area contributed by atoms with Crippen molar-refractivity contribution < 1.29 is 19.0 Å². The van der Waals surface area contributed by atoms with Gasteiger partial charge in [0.2, 0.25) is 11.8 Å². The van der Waals surface area contributed by atoms with Crippen molar-refractivity contribution in [2.75, 3.05) is 21.3 Å². The van der Waals surface area contributed by atoms with Crippen LogP contribution in [-0.2, 0) is 4.79 Å². The normalized spacial score (nSPS) is 20.5. The van der Waals surface area contributed by atoms with Gasteiger partial charge in [-0.25, -0.2) is 9.79 Å². The summed E-state index contributed by atoms with van der Waals surface area (Å²) >= 11 is 0. The molecule has 5 nitrogen and oxygen atoms in total. The van der Waals surface area contributed by atoms with Gasteiger partial charge in [0.05, 0.1) is 27.4 Å². The van der Waals surface area contributed by atoms with E-state index >= 15 is 0 Å². The lowest BCUT2D eigenvalue weighted by atomic mass is 9.83. The third-order valence-corrected chi connectivity index (χ3v) is 3.73. The molecule has 0 saturated carbocycles. The highest BCUT2D eigenvalue weighted by Gasteiger charge is 2.26. The molecule has 0 saturated heterocycles. The van der Waals surface area contributed by atoms with E-state index < -0.39 is 0 Å². The van der Waals surface area contributed by atoms with Crippen LogP contribution in [0, 0.1) is 0 Å². The number of ether oxygens (including phenoxy) is 3. The van der Waals surface area contributed by atoms with Crippen LogP contribution >= 0.6 is 0 Å². The first kappa shape index (κ1) is 15.1. The van der Waals surface area contributed by atoms with Crippen molar-refractivity contribution in [2.45, 2.75) is 24.8 Å². The fourth-order valence-electron chi connectivity index (χ4n) is 2.68. The van der Waals surface area contributed by atoms with Crippen molar-refractivity contribution in [1.29, 1.82) is 0 Å². The predicted octanol–water partition coefficient (Wildman–Crippen LogP) is 2.85. The minimum Gasteiger partial charge on any atom is -0.493 e. The first-order valence-corrected chi connectivity index (χ1v) is 6.77. The summed E-state index contributed by atoms with van der Waals surface area (Å²) in [6.45, 7) is 0. The molecule has 2 rings (SSSR count). The number of isocyanates is 1. The number of allylic oxidation sites excluding steroid dienone is 1.